The number of hydrogen-bond acceptors (Lipinski definition) is 4. The molecule has 2 rings (SSSR count). The molecule has 1 atom stereocenters. The minimum absolute atomic E-state index is 0.0301. The molecule has 6 nitrogen and oxygen atoms in total. The van der Waals surface area contributed by atoms with Crippen LogP contribution in [0.1, 0.15) is 43.0 Å². The van der Waals surface area contributed by atoms with E-state index in [2.05, 4.69) is 27.8 Å². The summed E-state index contributed by atoms with van der Waals surface area (Å²) >= 11 is 0. The first-order chi connectivity index (χ1) is 12.4. The van der Waals surface area contributed by atoms with Crippen molar-refractivity contribution >= 4 is 15.9 Å². The number of amides is 1. The Labute approximate surface area is 156 Å². The van der Waals surface area contributed by atoms with Crippen molar-refractivity contribution in [3.05, 3.63) is 29.8 Å². The third-order valence-corrected chi connectivity index (χ3v) is 6.02. The van der Waals surface area contributed by atoms with E-state index in [1.807, 2.05) is 0 Å². The van der Waals surface area contributed by atoms with Crippen LogP contribution in [-0.4, -0.2) is 51.4 Å². The molecule has 0 bridgehead atoms. The molecule has 1 aliphatic heterocycles. The summed E-state index contributed by atoms with van der Waals surface area (Å²) in [6.07, 6.45) is 9.73. The molecule has 142 valence electrons. The number of benzene rings is 1. The van der Waals surface area contributed by atoms with E-state index in [1.165, 1.54) is 31.4 Å². The molecule has 1 aromatic rings. The quantitative estimate of drug-likeness (QED) is 0.533. The number of likely N-dealkylation sites (tertiary alicyclic amines) is 1. The van der Waals surface area contributed by atoms with Crippen LogP contribution in [0.4, 0.5) is 0 Å². The van der Waals surface area contributed by atoms with Gasteiger partial charge in [0.15, 0.2) is 0 Å². The highest BCUT2D eigenvalue weighted by Crippen LogP contribution is 2.16. The van der Waals surface area contributed by atoms with Gasteiger partial charge in [0, 0.05) is 24.7 Å². The first kappa shape index (κ1) is 20.4. The number of hydrogen-bond donors (Lipinski definition) is 2. The lowest BCUT2D eigenvalue weighted by atomic mass is 10.0. The molecule has 0 spiro atoms. The van der Waals surface area contributed by atoms with Gasteiger partial charge >= 0.3 is 0 Å². The molecule has 1 saturated heterocycles. The van der Waals surface area contributed by atoms with Crippen molar-refractivity contribution in [3.8, 4) is 12.3 Å². The summed E-state index contributed by atoms with van der Waals surface area (Å²) in [5.41, 5.74) is 0.319. The first-order valence-corrected chi connectivity index (χ1v) is 10.5. The highest BCUT2D eigenvalue weighted by Gasteiger charge is 2.18. The van der Waals surface area contributed by atoms with E-state index >= 15 is 0 Å². The van der Waals surface area contributed by atoms with Crippen LogP contribution in [0.2, 0.25) is 0 Å². The van der Waals surface area contributed by atoms with E-state index in [0.717, 1.165) is 19.5 Å². The lowest BCUT2D eigenvalue weighted by Gasteiger charge is -2.33. The zero-order valence-corrected chi connectivity index (χ0v) is 16.0. The van der Waals surface area contributed by atoms with Crippen LogP contribution in [0.15, 0.2) is 29.2 Å². The average Bonchev–Trinajstić information content (AvgIpc) is 2.65. The third kappa shape index (κ3) is 5.84. The van der Waals surface area contributed by atoms with Gasteiger partial charge < -0.3 is 10.2 Å². The van der Waals surface area contributed by atoms with Crippen molar-refractivity contribution in [2.24, 2.45) is 0 Å². The molecule has 7 heteroatoms. The fraction of sp³-hybridized carbons (Fsp3) is 0.526. The summed E-state index contributed by atoms with van der Waals surface area (Å²) in [6.45, 7) is 4.81. The second-order valence-electron chi connectivity index (χ2n) is 6.55. The molecule has 1 heterocycles. The third-order valence-electron chi connectivity index (χ3n) is 4.62. The van der Waals surface area contributed by atoms with E-state index in [1.54, 1.807) is 12.1 Å². The molecule has 1 aliphatic rings. The second kappa shape index (κ2) is 9.72. The van der Waals surface area contributed by atoms with E-state index in [4.69, 9.17) is 6.42 Å². The normalized spacial score (nSPS) is 18.2. The van der Waals surface area contributed by atoms with Crippen molar-refractivity contribution in [1.29, 1.82) is 0 Å². The molecule has 0 saturated carbocycles. The second-order valence-corrected chi connectivity index (χ2v) is 8.31. The molecule has 0 aromatic heterocycles. The molecule has 0 radical (unpaired) electrons. The van der Waals surface area contributed by atoms with Crippen LogP contribution < -0.4 is 10.0 Å². The van der Waals surface area contributed by atoms with Gasteiger partial charge in [-0.1, -0.05) is 18.4 Å². The fourth-order valence-corrected chi connectivity index (χ4v) is 4.08. The van der Waals surface area contributed by atoms with Crippen LogP contribution in [-0.2, 0) is 10.0 Å². The van der Waals surface area contributed by atoms with E-state index in [0.29, 0.717) is 18.2 Å². The Kier molecular flexibility index (Phi) is 7.64. The molecule has 1 fully saturated rings. The lowest BCUT2D eigenvalue weighted by Crippen LogP contribution is -2.39. The van der Waals surface area contributed by atoms with Crippen LogP contribution in [0.3, 0.4) is 0 Å². The molecular weight excluding hydrogens is 350 g/mol. The standard InChI is InChI=1S/C19H27N3O3S/c1-3-11-21-26(24,25)18-10-6-9-17(15-18)19(23)20-12-7-14-22-13-5-4-8-16(22)2/h1,6,9-10,15-16,21H,4-5,7-8,11-14H2,2H3,(H,20,23). The number of piperidine rings is 1. The van der Waals surface area contributed by atoms with Gasteiger partial charge in [0.05, 0.1) is 11.4 Å². The minimum atomic E-state index is -3.70. The van der Waals surface area contributed by atoms with Gasteiger partial charge in [-0.05, 0) is 50.9 Å². The predicted octanol–water partition coefficient (Wildman–Crippen LogP) is 1.59. The lowest BCUT2D eigenvalue weighted by molar-refractivity contribution is 0.0948. The van der Waals surface area contributed by atoms with Gasteiger partial charge in [-0.3, -0.25) is 4.79 Å². The number of carbonyl (C=O) groups excluding carboxylic acids is 1. The highest BCUT2D eigenvalue weighted by atomic mass is 32.2. The van der Waals surface area contributed by atoms with Crippen molar-refractivity contribution < 1.29 is 13.2 Å². The van der Waals surface area contributed by atoms with E-state index in [-0.39, 0.29) is 17.3 Å². The molecule has 1 amide bonds. The van der Waals surface area contributed by atoms with Crippen molar-refractivity contribution in [2.75, 3.05) is 26.2 Å². The number of carbonyl (C=O) groups is 1. The number of rotatable bonds is 8. The maximum Gasteiger partial charge on any atom is 0.251 e. The van der Waals surface area contributed by atoms with Gasteiger partial charge in [0.25, 0.3) is 5.91 Å². The topological polar surface area (TPSA) is 78.5 Å². The fourth-order valence-electron chi connectivity index (χ4n) is 3.10. The van der Waals surface area contributed by atoms with Gasteiger partial charge in [0.2, 0.25) is 10.0 Å². The van der Waals surface area contributed by atoms with Crippen LogP contribution in [0.5, 0.6) is 0 Å². The molecule has 2 N–H and O–H groups in total. The number of nitrogens with zero attached hydrogens (tertiary/aromatic N) is 1. The molecule has 26 heavy (non-hydrogen) atoms. The minimum Gasteiger partial charge on any atom is -0.352 e. The maximum absolute atomic E-state index is 12.3. The van der Waals surface area contributed by atoms with Gasteiger partial charge in [-0.25, -0.2) is 8.42 Å². The Morgan fingerprint density at radius 3 is 2.92 bits per heavy atom. The summed E-state index contributed by atoms with van der Waals surface area (Å²) in [6, 6.07) is 6.56. The summed E-state index contributed by atoms with van der Waals surface area (Å²) in [5.74, 6) is 1.95. The van der Waals surface area contributed by atoms with E-state index < -0.39 is 10.0 Å². The largest absolute Gasteiger partial charge is 0.352 e. The summed E-state index contributed by atoms with van der Waals surface area (Å²) in [4.78, 5) is 14.8. The Balaban J connectivity index is 1.86. The Hall–Kier alpha value is -1.88. The highest BCUT2D eigenvalue weighted by molar-refractivity contribution is 7.89. The predicted molar refractivity (Wildman–Crippen MR) is 102 cm³/mol. The molecular formula is C19H27N3O3S. The SMILES string of the molecule is C#CCNS(=O)(=O)c1cccc(C(=O)NCCCN2CCCCC2C)c1. The van der Waals surface area contributed by atoms with Gasteiger partial charge in [0.1, 0.15) is 0 Å². The molecule has 1 unspecified atom stereocenters. The zero-order valence-electron chi connectivity index (χ0n) is 15.2. The van der Waals surface area contributed by atoms with E-state index in [9.17, 15) is 13.2 Å². The smallest absolute Gasteiger partial charge is 0.251 e. The maximum atomic E-state index is 12.3. The summed E-state index contributed by atoms with van der Waals surface area (Å²) < 4.78 is 26.5. The number of sulfonamides is 1. The van der Waals surface area contributed by atoms with Crippen LogP contribution in [0.25, 0.3) is 0 Å². The van der Waals surface area contributed by atoms with Crippen LogP contribution in [0, 0.1) is 12.3 Å². The Morgan fingerprint density at radius 2 is 2.19 bits per heavy atom. The van der Waals surface area contributed by atoms with Crippen molar-refractivity contribution in [1.82, 2.24) is 14.9 Å². The van der Waals surface area contributed by atoms with Gasteiger partial charge in [-0.2, -0.15) is 4.72 Å². The summed E-state index contributed by atoms with van der Waals surface area (Å²) in [7, 11) is -3.70. The molecule has 0 aliphatic carbocycles. The number of terminal acetylenes is 1. The van der Waals surface area contributed by atoms with Crippen molar-refractivity contribution in [2.45, 2.75) is 43.5 Å². The summed E-state index contributed by atoms with van der Waals surface area (Å²) in [5, 5.41) is 2.86. The monoisotopic (exact) mass is 377 g/mol. The Morgan fingerprint density at radius 1 is 1.38 bits per heavy atom. The molecule has 1 aromatic carbocycles. The Bertz CT molecular complexity index is 756. The van der Waals surface area contributed by atoms with Crippen molar-refractivity contribution in [3.63, 3.8) is 0 Å². The first-order valence-electron chi connectivity index (χ1n) is 8.99. The zero-order chi connectivity index (χ0) is 19.0. The van der Waals surface area contributed by atoms with Crippen LogP contribution >= 0.6 is 0 Å². The average molecular weight is 378 g/mol. The number of nitrogens with one attached hydrogen (secondary N) is 2. The van der Waals surface area contributed by atoms with Gasteiger partial charge in [-0.15, -0.1) is 6.42 Å².